The van der Waals surface area contributed by atoms with Crippen LogP contribution in [-0.4, -0.2) is 21.3 Å². The smallest absolute Gasteiger partial charge is 0.289 e. The fourth-order valence-electron chi connectivity index (χ4n) is 3.34. The molecule has 4 rings (SSSR count). The Kier molecular flexibility index (Phi) is 7.64. The first-order chi connectivity index (χ1) is 15.8. The lowest BCUT2D eigenvalue weighted by atomic mass is 10.1. The molecule has 1 aliphatic heterocycles. The molecule has 9 heteroatoms. The monoisotopic (exact) mass is 567 g/mol. The molecule has 0 aliphatic carbocycles. The molecular formula is C24H17BrCl2FNO3S. The number of ether oxygens (including phenoxy) is 1. The largest absolute Gasteiger partial charge is 0.488 e. The van der Waals surface area contributed by atoms with Gasteiger partial charge in [0.05, 0.1) is 16.3 Å². The van der Waals surface area contributed by atoms with Gasteiger partial charge in [-0.25, -0.2) is 4.39 Å². The van der Waals surface area contributed by atoms with E-state index in [9.17, 15) is 14.0 Å². The van der Waals surface area contributed by atoms with Crippen LogP contribution in [0.2, 0.25) is 10.0 Å². The topological polar surface area (TPSA) is 46.6 Å². The molecule has 170 valence electrons. The van der Waals surface area contributed by atoms with E-state index in [1.54, 1.807) is 24.3 Å². The zero-order valence-electron chi connectivity index (χ0n) is 17.1. The second-order valence-corrected chi connectivity index (χ2v) is 10.3. The van der Waals surface area contributed by atoms with Crippen molar-refractivity contribution in [3.05, 3.63) is 97.7 Å². The summed E-state index contributed by atoms with van der Waals surface area (Å²) in [6.45, 7) is 0.406. The van der Waals surface area contributed by atoms with Crippen LogP contribution in [0, 0.1) is 5.82 Å². The lowest BCUT2D eigenvalue weighted by molar-refractivity contribution is -0.127. The van der Waals surface area contributed by atoms with Crippen LogP contribution in [0.15, 0.2) is 65.1 Å². The van der Waals surface area contributed by atoms with Crippen molar-refractivity contribution in [1.82, 2.24) is 4.90 Å². The second-order valence-electron chi connectivity index (χ2n) is 7.42. The highest BCUT2D eigenvalue weighted by Crippen LogP contribution is 2.33. The van der Waals surface area contributed by atoms with Gasteiger partial charge in [0.15, 0.2) is 0 Å². The molecule has 3 aromatic rings. The Hall–Kier alpha value is -2.06. The molecule has 1 saturated heterocycles. The number of amides is 2. The summed E-state index contributed by atoms with van der Waals surface area (Å²) < 4.78 is 19.7. The van der Waals surface area contributed by atoms with E-state index >= 15 is 0 Å². The van der Waals surface area contributed by atoms with Crippen LogP contribution in [0.5, 0.6) is 5.75 Å². The van der Waals surface area contributed by atoms with E-state index in [4.69, 9.17) is 27.9 Å². The molecule has 1 fully saturated rings. The molecule has 2 amide bonds. The van der Waals surface area contributed by atoms with Gasteiger partial charge in [-0.3, -0.25) is 14.5 Å². The van der Waals surface area contributed by atoms with Crippen molar-refractivity contribution in [2.45, 2.75) is 24.8 Å². The minimum Gasteiger partial charge on any atom is -0.488 e. The Morgan fingerprint density at radius 2 is 1.73 bits per heavy atom. The second kappa shape index (κ2) is 10.5. The molecule has 0 aromatic heterocycles. The van der Waals surface area contributed by atoms with Gasteiger partial charge in [0.25, 0.3) is 5.24 Å². The van der Waals surface area contributed by atoms with Gasteiger partial charge in [0.1, 0.15) is 18.2 Å². The van der Waals surface area contributed by atoms with Gasteiger partial charge < -0.3 is 4.74 Å². The number of nitrogens with zero attached hydrogens (tertiary/aromatic N) is 1. The van der Waals surface area contributed by atoms with Crippen LogP contribution in [-0.2, 0) is 24.4 Å². The van der Waals surface area contributed by atoms with Crippen molar-refractivity contribution < 1.29 is 18.7 Å². The summed E-state index contributed by atoms with van der Waals surface area (Å²) in [7, 11) is 0. The van der Waals surface area contributed by atoms with E-state index in [0.29, 0.717) is 27.8 Å². The quantitative estimate of drug-likeness (QED) is 0.300. The fourth-order valence-corrected chi connectivity index (χ4v) is 5.37. The van der Waals surface area contributed by atoms with E-state index in [2.05, 4.69) is 15.9 Å². The molecule has 0 bridgehead atoms. The molecule has 1 heterocycles. The lowest BCUT2D eigenvalue weighted by Crippen LogP contribution is -2.31. The summed E-state index contributed by atoms with van der Waals surface area (Å²) in [4.78, 5) is 26.4. The van der Waals surface area contributed by atoms with Crippen LogP contribution in [0.1, 0.15) is 16.7 Å². The predicted molar refractivity (Wildman–Crippen MR) is 132 cm³/mol. The average Bonchev–Trinajstić information content (AvgIpc) is 3.03. The summed E-state index contributed by atoms with van der Waals surface area (Å²) in [5.74, 6) is 0.0201. The van der Waals surface area contributed by atoms with E-state index < -0.39 is 5.25 Å². The first-order valence-corrected chi connectivity index (χ1v) is 12.3. The van der Waals surface area contributed by atoms with Gasteiger partial charge in [-0.05, 0) is 69.9 Å². The predicted octanol–water partition coefficient (Wildman–Crippen LogP) is 7.28. The van der Waals surface area contributed by atoms with Gasteiger partial charge in [0, 0.05) is 15.6 Å². The SMILES string of the molecule is O=C1S[C@@H](Cc2ccc(OCc3ccc(Cl)cc3Cl)c(Br)c2)C(=O)N1Cc1ccc(F)cc1. The maximum absolute atomic E-state index is 13.1. The third-order valence-electron chi connectivity index (χ3n) is 5.07. The average molecular weight is 569 g/mol. The number of halogens is 4. The van der Waals surface area contributed by atoms with E-state index in [1.807, 2.05) is 24.3 Å². The van der Waals surface area contributed by atoms with Gasteiger partial charge in [0.2, 0.25) is 5.91 Å². The van der Waals surface area contributed by atoms with Crippen molar-refractivity contribution in [2.24, 2.45) is 0 Å². The zero-order chi connectivity index (χ0) is 23.5. The van der Waals surface area contributed by atoms with Crippen LogP contribution < -0.4 is 4.74 Å². The van der Waals surface area contributed by atoms with Crippen molar-refractivity contribution >= 4 is 62.0 Å². The van der Waals surface area contributed by atoms with Crippen molar-refractivity contribution in [3.8, 4) is 5.75 Å². The third kappa shape index (κ3) is 5.90. The molecule has 0 unspecified atom stereocenters. The molecular weight excluding hydrogens is 552 g/mol. The molecule has 0 N–H and O–H groups in total. The lowest BCUT2D eigenvalue weighted by Gasteiger charge is -2.14. The summed E-state index contributed by atoms with van der Waals surface area (Å²) in [5.41, 5.74) is 2.40. The highest BCUT2D eigenvalue weighted by Gasteiger charge is 2.39. The van der Waals surface area contributed by atoms with Gasteiger partial charge in [-0.1, -0.05) is 59.2 Å². The van der Waals surface area contributed by atoms with Crippen LogP contribution in [0.25, 0.3) is 0 Å². The van der Waals surface area contributed by atoms with Crippen LogP contribution in [0.4, 0.5) is 9.18 Å². The Labute approximate surface area is 213 Å². The van der Waals surface area contributed by atoms with Crippen molar-refractivity contribution in [2.75, 3.05) is 0 Å². The number of thioether (sulfide) groups is 1. The molecule has 4 nitrogen and oxygen atoms in total. The Morgan fingerprint density at radius 3 is 2.42 bits per heavy atom. The van der Waals surface area contributed by atoms with Crippen molar-refractivity contribution in [1.29, 1.82) is 0 Å². The number of carbonyl (C=O) groups is 2. The summed E-state index contributed by atoms with van der Waals surface area (Å²) in [6, 6.07) is 16.5. The first-order valence-electron chi connectivity index (χ1n) is 9.92. The normalized spacial score (nSPS) is 15.9. The number of benzene rings is 3. The van der Waals surface area contributed by atoms with E-state index in [1.165, 1.54) is 17.0 Å². The maximum atomic E-state index is 13.1. The molecule has 0 saturated carbocycles. The summed E-state index contributed by atoms with van der Waals surface area (Å²) >= 11 is 16.6. The summed E-state index contributed by atoms with van der Waals surface area (Å²) in [5, 5.41) is 0.280. The number of rotatable bonds is 7. The maximum Gasteiger partial charge on any atom is 0.289 e. The first kappa shape index (κ1) is 24.1. The Morgan fingerprint density at radius 1 is 1.00 bits per heavy atom. The summed E-state index contributed by atoms with van der Waals surface area (Å²) in [6.07, 6.45) is 0.400. The molecule has 1 aliphatic rings. The zero-order valence-corrected chi connectivity index (χ0v) is 21.0. The third-order valence-corrected chi connectivity index (χ3v) is 7.36. The van der Waals surface area contributed by atoms with Gasteiger partial charge in [-0.15, -0.1) is 0 Å². The van der Waals surface area contributed by atoms with Gasteiger partial charge in [-0.2, -0.15) is 0 Å². The highest BCUT2D eigenvalue weighted by molar-refractivity contribution is 9.10. The Balaban J connectivity index is 1.38. The van der Waals surface area contributed by atoms with Crippen LogP contribution in [0.3, 0.4) is 0 Å². The molecule has 1 atom stereocenters. The number of hydrogen-bond acceptors (Lipinski definition) is 4. The number of carbonyl (C=O) groups excluding carboxylic acids is 2. The molecule has 3 aromatic carbocycles. The molecule has 33 heavy (non-hydrogen) atoms. The Bertz CT molecular complexity index is 1210. The number of imide groups is 1. The highest BCUT2D eigenvalue weighted by atomic mass is 79.9. The minimum absolute atomic E-state index is 0.130. The van der Waals surface area contributed by atoms with Crippen LogP contribution >= 0.6 is 50.9 Å². The standard InChI is InChI=1S/C24H17BrCl2FNO3S/c25-19-9-15(3-8-21(19)32-13-16-4-5-17(26)11-20(16)27)10-22-23(30)29(24(31)33-22)12-14-1-6-18(28)7-2-14/h1-9,11,22H,10,12-13H2/t22-/m0/s1. The number of hydrogen-bond donors (Lipinski definition) is 0. The fraction of sp³-hybridized carbons (Fsp3) is 0.167. The van der Waals surface area contributed by atoms with Gasteiger partial charge >= 0.3 is 0 Å². The minimum atomic E-state index is -0.510. The van der Waals surface area contributed by atoms with E-state index in [0.717, 1.165) is 27.4 Å². The van der Waals surface area contributed by atoms with Crippen molar-refractivity contribution in [3.63, 3.8) is 0 Å². The molecule has 0 spiro atoms. The van der Waals surface area contributed by atoms with E-state index in [-0.39, 0.29) is 30.1 Å². The molecule has 0 radical (unpaired) electrons.